The van der Waals surface area contributed by atoms with Crippen LogP contribution in [-0.4, -0.2) is 22.1 Å². The lowest BCUT2D eigenvalue weighted by atomic mass is 10.2. The van der Waals surface area contributed by atoms with Crippen LogP contribution in [0.2, 0.25) is 0 Å². The average molecular weight is 350 g/mol. The van der Waals surface area contributed by atoms with Crippen molar-refractivity contribution >= 4 is 49.9 Å². The molecule has 2 heterocycles. The van der Waals surface area contributed by atoms with E-state index in [4.69, 9.17) is 10.5 Å². The molecule has 0 saturated carbocycles. The number of thiazole rings is 1. The molecule has 25 heavy (non-hydrogen) atoms. The molecule has 0 aliphatic rings. The molecule has 2 N–H and O–H groups in total. The van der Waals surface area contributed by atoms with E-state index in [0.29, 0.717) is 33.7 Å². The largest absolute Gasteiger partial charge is 0.497 e. The van der Waals surface area contributed by atoms with Gasteiger partial charge in [-0.25, -0.2) is 15.0 Å². The number of aromatic nitrogens is 3. The maximum Gasteiger partial charge on any atom is 0.190 e. The Morgan fingerprint density at radius 1 is 1.00 bits per heavy atom. The van der Waals surface area contributed by atoms with Gasteiger partial charge in [0.2, 0.25) is 0 Å². The van der Waals surface area contributed by atoms with Crippen LogP contribution < -0.4 is 10.5 Å². The van der Waals surface area contributed by atoms with Crippen LogP contribution in [0.15, 0.2) is 46.6 Å². The first-order valence-electron chi connectivity index (χ1n) is 7.53. The van der Waals surface area contributed by atoms with Crippen LogP contribution in [-0.2, 0) is 0 Å². The number of hydrogen-bond acceptors (Lipinski definition) is 8. The third-order valence-electron chi connectivity index (χ3n) is 3.64. The minimum Gasteiger partial charge on any atom is -0.497 e. The maximum absolute atomic E-state index is 6.09. The second-order valence-corrected chi connectivity index (χ2v) is 6.54. The van der Waals surface area contributed by atoms with Gasteiger partial charge in [-0.2, -0.15) is 5.11 Å². The number of nitrogen functional groups attached to an aromatic ring is 1. The van der Waals surface area contributed by atoms with Crippen LogP contribution in [0.3, 0.4) is 0 Å². The smallest absolute Gasteiger partial charge is 0.190 e. The lowest BCUT2D eigenvalue weighted by molar-refractivity contribution is 0.415. The van der Waals surface area contributed by atoms with Crippen molar-refractivity contribution in [1.29, 1.82) is 0 Å². The van der Waals surface area contributed by atoms with Crippen LogP contribution in [0, 0.1) is 6.92 Å². The molecule has 0 spiro atoms. The Bertz CT molecular complexity index is 1100. The number of hydrogen-bond donors (Lipinski definition) is 1. The molecular formula is C17H14N6OS. The number of benzene rings is 2. The fourth-order valence-electron chi connectivity index (χ4n) is 2.41. The second-order valence-electron chi connectivity index (χ2n) is 5.35. The van der Waals surface area contributed by atoms with Crippen molar-refractivity contribution in [3.63, 3.8) is 0 Å². The molecule has 2 aromatic carbocycles. The zero-order chi connectivity index (χ0) is 17.4. The Kier molecular flexibility index (Phi) is 3.73. The van der Waals surface area contributed by atoms with Crippen LogP contribution in [0.25, 0.3) is 21.5 Å². The number of rotatable bonds is 3. The molecule has 0 radical (unpaired) electrons. The molecule has 0 saturated heterocycles. The number of fused-ring (bicyclic) bond motifs is 2. The van der Waals surface area contributed by atoms with Gasteiger partial charge in [-0.05, 0) is 43.3 Å². The monoisotopic (exact) mass is 350 g/mol. The number of aryl methyl sites for hydroxylation is 1. The molecule has 124 valence electrons. The number of anilines is 1. The first-order chi connectivity index (χ1) is 12.1. The normalized spacial score (nSPS) is 11.6. The summed E-state index contributed by atoms with van der Waals surface area (Å²) < 4.78 is 5.14. The van der Waals surface area contributed by atoms with E-state index >= 15 is 0 Å². The summed E-state index contributed by atoms with van der Waals surface area (Å²) in [6.07, 6.45) is 0. The quantitative estimate of drug-likeness (QED) is 0.431. The standard InChI is InChI=1S/C17H14N6OS/c1-9-19-16-17(25-9)20-13-8-7-12(18)14(15(13)21-16)23-22-10-3-5-11(24-2)6-4-10/h3-8H,18H2,1-2H3. The van der Waals surface area contributed by atoms with Crippen molar-refractivity contribution in [1.82, 2.24) is 15.0 Å². The molecule has 0 atom stereocenters. The molecule has 0 amide bonds. The Hall–Kier alpha value is -3.13. The van der Waals surface area contributed by atoms with Gasteiger partial charge in [-0.15, -0.1) is 5.11 Å². The number of methoxy groups -OCH3 is 1. The van der Waals surface area contributed by atoms with Gasteiger partial charge < -0.3 is 10.5 Å². The van der Waals surface area contributed by atoms with Gasteiger partial charge in [0, 0.05) is 0 Å². The molecule has 4 aromatic rings. The van der Waals surface area contributed by atoms with Crippen molar-refractivity contribution in [3.8, 4) is 5.75 Å². The molecule has 4 rings (SSSR count). The fraction of sp³-hybridized carbons (Fsp3) is 0.118. The molecule has 0 unspecified atom stereocenters. The Balaban J connectivity index is 1.82. The molecule has 8 heteroatoms. The zero-order valence-electron chi connectivity index (χ0n) is 13.6. The number of ether oxygens (including phenoxy) is 1. The highest BCUT2D eigenvalue weighted by Crippen LogP contribution is 2.33. The summed E-state index contributed by atoms with van der Waals surface area (Å²) in [5.74, 6) is 0.760. The summed E-state index contributed by atoms with van der Waals surface area (Å²) in [6.45, 7) is 1.93. The first-order valence-corrected chi connectivity index (χ1v) is 8.35. The molecular weight excluding hydrogens is 336 g/mol. The maximum atomic E-state index is 6.09. The van der Waals surface area contributed by atoms with Crippen molar-refractivity contribution in [2.45, 2.75) is 6.92 Å². The summed E-state index contributed by atoms with van der Waals surface area (Å²) >= 11 is 1.51. The van der Waals surface area contributed by atoms with Gasteiger partial charge in [0.05, 0.1) is 29.0 Å². The fourth-order valence-corrected chi connectivity index (χ4v) is 3.15. The first kappa shape index (κ1) is 15.4. The van der Waals surface area contributed by atoms with Crippen molar-refractivity contribution < 1.29 is 4.74 Å². The van der Waals surface area contributed by atoms with E-state index in [2.05, 4.69) is 25.2 Å². The van der Waals surface area contributed by atoms with Crippen molar-refractivity contribution in [2.75, 3.05) is 12.8 Å². The average Bonchev–Trinajstić information content (AvgIpc) is 2.98. The minimum atomic E-state index is 0.491. The van der Waals surface area contributed by atoms with Gasteiger partial charge >= 0.3 is 0 Å². The topological polar surface area (TPSA) is 98.6 Å². The number of nitrogens with two attached hydrogens (primary N) is 1. The predicted octanol–water partition coefficient (Wildman–Crippen LogP) is 4.55. The molecule has 0 aliphatic carbocycles. The molecule has 2 aromatic heterocycles. The Morgan fingerprint density at radius 3 is 2.56 bits per heavy atom. The van der Waals surface area contributed by atoms with E-state index in [1.54, 1.807) is 13.2 Å². The van der Waals surface area contributed by atoms with Crippen LogP contribution in [0.5, 0.6) is 5.75 Å². The van der Waals surface area contributed by atoms with E-state index in [0.717, 1.165) is 15.6 Å². The SMILES string of the molecule is COc1ccc(N=Nc2c(N)ccc3nc4sc(C)nc4nc23)cc1. The van der Waals surface area contributed by atoms with Crippen LogP contribution in [0.4, 0.5) is 17.1 Å². The lowest BCUT2D eigenvalue weighted by Gasteiger charge is -2.03. The zero-order valence-corrected chi connectivity index (χ0v) is 14.4. The van der Waals surface area contributed by atoms with Gasteiger partial charge in [0.1, 0.15) is 17.0 Å². The summed E-state index contributed by atoms with van der Waals surface area (Å²) in [4.78, 5) is 14.4. The van der Waals surface area contributed by atoms with Crippen molar-refractivity contribution in [2.24, 2.45) is 10.2 Å². The summed E-state index contributed by atoms with van der Waals surface area (Å²) in [5, 5.41) is 9.47. The summed E-state index contributed by atoms with van der Waals surface area (Å²) in [6, 6.07) is 10.9. The van der Waals surface area contributed by atoms with Crippen molar-refractivity contribution in [3.05, 3.63) is 41.4 Å². The van der Waals surface area contributed by atoms with E-state index < -0.39 is 0 Å². The van der Waals surface area contributed by atoms with E-state index in [1.165, 1.54) is 11.3 Å². The third-order valence-corrected chi connectivity index (χ3v) is 4.49. The minimum absolute atomic E-state index is 0.491. The Labute approximate surface area is 147 Å². The summed E-state index contributed by atoms with van der Waals surface area (Å²) in [7, 11) is 1.62. The Morgan fingerprint density at radius 2 is 1.80 bits per heavy atom. The van der Waals surface area contributed by atoms with Crippen LogP contribution >= 0.6 is 11.3 Å². The highest BCUT2D eigenvalue weighted by atomic mass is 32.1. The summed E-state index contributed by atoms with van der Waals surface area (Å²) in [5.41, 5.74) is 9.67. The van der Waals surface area contributed by atoms with E-state index in [-0.39, 0.29) is 0 Å². The molecule has 7 nitrogen and oxygen atoms in total. The van der Waals surface area contributed by atoms with E-state index in [9.17, 15) is 0 Å². The molecule has 0 aliphatic heterocycles. The van der Waals surface area contributed by atoms with Gasteiger partial charge in [-0.3, -0.25) is 0 Å². The highest BCUT2D eigenvalue weighted by Gasteiger charge is 2.12. The van der Waals surface area contributed by atoms with Crippen LogP contribution in [0.1, 0.15) is 5.01 Å². The van der Waals surface area contributed by atoms with Gasteiger partial charge in [-0.1, -0.05) is 11.3 Å². The molecule has 0 bridgehead atoms. The lowest BCUT2D eigenvalue weighted by Crippen LogP contribution is -1.91. The molecule has 0 fully saturated rings. The highest BCUT2D eigenvalue weighted by molar-refractivity contribution is 7.18. The number of azo groups is 1. The van der Waals surface area contributed by atoms with Gasteiger partial charge in [0.25, 0.3) is 0 Å². The predicted molar refractivity (Wildman–Crippen MR) is 99.0 cm³/mol. The third kappa shape index (κ3) is 2.87. The van der Waals surface area contributed by atoms with E-state index in [1.807, 2.05) is 37.3 Å². The number of nitrogens with zero attached hydrogens (tertiary/aromatic N) is 5. The second kappa shape index (κ2) is 6.06. The van der Waals surface area contributed by atoms with Gasteiger partial charge in [0.15, 0.2) is 10.5 Å².